The average Bonchev–Trinajstić information content (AvgIpc) is 2.29. The summed E-state index contributed by atoms with van der Waals surface area (Å²) in [6, 6.07) is 6.84. The van der Waals surface area contributed by atoms with Crippen LogP contribution in [0.3, 0.4) is 0 Å². The van der Waals surface area contributed by atoms with Gasteiger partial charge in [-0.3, -0.25) is 0 Å². The highest BCUT2D eigenvalue weighted by Gasteiger charge is 2.19. The second-order valence-corrected chi connectivity index (χ2v) is 6.22. The molecule has 1 aromatic rings. The third-order valence-corrected chi connectivity index (χ3v) is 4.83. The van der Waals surface area contributed by atoms with Crippen LogP contribution in [0.1, 0.15) is 0 Å². The van der Waals surface area contributed by atoms with E-state index in [0.717, 1.165) is 4.90 Å². The monoisotopic (exact) mass is 260 g/mol. The Hall–Kier alpha value is -0.560. The molecule has 0 amide bonds. The van der Waals surface area contributed by atoms with Gasteiger partial charge in [-0.05, 0) is 30.5 Å². The first-order valence-corrected chi connectivity index (χ1v) is 7.49. The minimum absolute atomic E-state index is 0.307. The molecule has 0 heterocycles. The molecule has 2 N–H and O–H groups in total. The molecule has 1 rings (SSSR count). The summed E-state index contributed by atoms with van der Waals surface area (Å²) in [6.45, 7) is 0.644. The maximum absolute atomic E-state index is 12.0. The van der Waals surface area contributed by atoms with Crippen molar-refractivity contribution in [2.75, 3.05) is 26.4 Å². The molecule has 0 saturated heterocycles. The number of nitrogens with two attached hydrogens (primary N) is 1. The van der Waals surface area contributed by atoms with Crippen molar-refractivity contribution in [3.05, 3.63) is 24.3 Å². The van der Waals surface area contributed by atoms with Crippen LogP contribution >= 0.6 is 11.8 Å². The largest absolute Gasteiger partial charge is 0.329 e. The molecule has 0 aromatic heterocycles. The van der Waals surface area contributed by atoms with Crippen molar-refractivity contribution in [3.8, 4) is 0 Å². The van der Waals surface area contributed by atoms with E-state index >= 15 is 0 Å². The molecular formula is C10H16N2O2S2. The highest BCUT2D eigenvalue weighted by molar-refractivity contribution is 7.98. The van der Waals surface area contributed by atoms with E-state index in [1.54, 1.807) is 36.0 Å². The minimum Gasteiger partial charge on any atom is -0.329 e. The molecule has 0 aliphatic heterocycles. The van der Waals surface area contributed by atoms with Crippen molar-refractivity contribution in [1.29, 1.82) is 0 Å². The number of rotatable bonds is 5. The molecule has 0 aliphatic carbocycles. The van der Waals surface area contributed by atoms with Gasteiger partial charge in [0.25, 0.3) is 0 Å². The van der Waals surface area contributed by atoms with Gasteiger partial charge in [0.05, 0.1) is 4.90 Å². The van der Waals surface area contributed by atoms with E-state index in [1.807, 2.05) is 6.26 Å². The Morgan fingerprint density at radius 1 is 1.31 bits per heavy atom. The summed E-state index contributed by atoms with van der Waals surface area (Å²) in [7, 11) is -1.85. The Labute approximate surface area is 101 Å². The van der Waals surface area contributed by atoms with Crippen LogP contribution in [0.25, 0.3) is 0 Å². The molecule has 0 aliphatic rings. The van der Waals surface area contributed by atoms with Crippen molar-refractivity contribution >= 4 is 21.8 Å². The van der Waals surface area contributed by atoms with Gasteiger partial charge in [-0.15, -0.1) is 11.8 Å². The number of hydrogen-bond acceptors (Lipinski definition) is 4. The van der Waals surface area contributed by atoms with E-state index in [2.05, 4.69) is 0 Å². The summed E-state index contributed by atoms with van der Waals surface area (Å²) in [5, 5.41) is 0. The van der Waals surface area contributed by atoms with Crippen molar-refractivity contribution in [2.45, 2.75) is 9.79 Å². The summed E-state index contributed by atoms with van der Waals surface area (Å²) < 4.78 is 25.2. The Balaban J connectivity index is 2.98. The van der Waals surface area contributed by atoms with Gasteiger partial charge in [0.15, 0.2) is 0 Å². The lowest BCUT2D eigenvalue weighted by Crippen LogP contribution is -2.31. The Morgan fingerprint density at radius 2 is 1.88 bits per heavy atom. The lowest BCUT2D eigenvalue weighted by Gasteiger charge is -2.16. The molecule has 6 heteroatoms. The minimum atomic E-state index is -3.38. The molecule has 0 unspecified atom stereocenters. The molecule has 16 heavy (non-hydrogen) atoms. The molecule has 0 spiro atoms. The highest BCUT2D eigenvalue weighted by atomic mass is 32.2. The van der Waals surface area contributed by atoms with Gasteiger partial charge in [-0.25, -0.2) is 8.42 Å². The number of benzene rings is 1. The van der Waals surface area contributed by atoms with E-state index in [4.69, 9.17) is 5.73 Å². The quantitative estimate of drug-likeness (QED) is 0.802. The van der Waals surface area contributed by atoms with Crippen molar-refractivity contribution in [3.63, 3.8) is 0 Å². The number of likely N-dealkylation sites (N-methyl/N-ethyl adjacent to an activating group) is 1. The molecule has 0 radical (unpaired) electrons. The first kappa shape index (κ1) is 13.5. The van der Waals surface area contributed by atoms with Crippen molar-refractivity contribution < 1.29 is 8.42 Å². The maximum Gasteiger partial charge on any atom is 0.242 e. The van der Waals surface area contributed by atoms with Crippen LogP contribution in [0.4, 0.5) is 0 Å². The normalized spacial score (nSPS) is 12.0. The van der Waals surface area contributed by atoms with Gasteiger partial charge in [0, 0.05) is 25.0 Å². The Kier molecular flexibility index (Phi) is 4.79. The van der Waals surface area contributed by atoms with Crippen LogP contribution in [0.15, 0.2) is 34.1 Å². The van der Waals surface area contributed by atoms with Gasteiger partial charge < -0.3 is 5.73 Å². The molecule has 0 bridgehead atoms. The summed E-state index contributed by atoms with van der Waals surface area (Å²) in [4.78, 5) is 1.35. The van der Waals surface area contributed by atoms with Gasteiger partial charge in [-0.1, -0.05) is 0 Å². The highest BCUT2D eigenvalue weighted by Crippen LogP contribution is 2.19. The van der Waals surface area contributed by atoms with E-state index in [0.29, 0.717) is 18.0 Å². The van der Waals surface area contributed by atoms with Crippen LogP contribution in [0.2, 0.25) is 0 Å². The van der Waals surface area contributed by atoms with Gasteiger partial charge in [0.1, 0.15) is 0 Å². The number of thioether (sulfide) groups is 1. The average molecular weight is 260 g/mol. The predicted octanol–water partition coefficient (Wildman–Crippen LogP) is 0.988. The third-order valence-electron chi connectivity index (χ3n) is 2.21. The zero-order valence-corrected chi connectivity index (χ0v) is 11.0. The lowest BCUT2D eigenvalue weighted by atomic mass is 10.4. The number of sulfonamides is 1. The van der Waals surface area contributed by atoms with E-state index in [1.165, 1.54) is 11.4 Å². The summed E-state index contributed by atoms with van der Waals surface area (Å²) in [5.41, 5.74) is 5.34. The predicted molar refractivity (Wildman–Crippen MR) is 67.1 cm³/mol. The first-order valence-electron chi connectivity index (χ1n) is 4.83. The van der Waals surface area contributed by atoms with E-state index in [-0.39, 0.29) is 0 Å². The van der Waals surface area contributed by atoms with E-state index in [9.17, 15) is 8.42 Å². The van der Waals surface area contributed by atoms with Crippen LogP contribution < -0.4 is 5.73 Å². The molecule has 0 atom stereocenters. The van der Waals surface area contributed by atoms with Crippen molar-refractivity contribution in [1.82, 2.24) is 4.31 Å². The standard InChI is InChI=1S/C10H16N2O2S2/c1-12(8-7-11)16(13,14)10-5-3-9(15-2)4-6-10/h3-6H,7-8,11H2,1-2H3. The molecule has 0 fully saturated rings. The summed E-state index contributed by atoms with van der Waals surface area (Å²) in [5.74, 6) is 0. The van der Waals surface area contributed by atoms with Gasteiger partial charge in [-0.2, -0.15) is 4.31 Å². The van der Waals surface area contributed by atoms with Crippen LogP contribution in [-0.2, 0) is 10.0 Å². The fourth-order valence-corrected chi connectivity index (χ4v) is 2.82. The second kappa shape index (κ2) is 5.67. The van der Waals surface area contributed by atoms with Crippen molar-refractivity contribution in [2.24, 2.45) is 5.73 Å². The summed E-state index contributed by atoms with van der Waals surface area (Å²) >= 11 is 1.58. The molecule has 4 nitrogen and oxygen atoms in total. The SMILES string of the molecule is CSc1ccc(S(=O)(=O)N(C)CCN)cc1. The zero-order chi connectivity index (χ0) is 12.2. The lowest BCUT2D eigenvalue weighted by molar-refractivity contribution is 0.476. The molecule has 90 valence electrons. The fraction of sp³-hybridized carbons (Fsp3) is 0.400. The smallest absolute Gasteiger partial charge is 0.242 e. The first-order chi connectivity index (χ1) is 7.52. The third kappa shape index (κ3) is 2.98. The van der Waals surface area contributed by atoms with Crippen LogP contribution in [0, 0.1) is 0 Å². The maximum atomic E-state index is 12.0. The van der Waals surface area contributed by atoms with E-state index < -0.39 is 10.0 Å². The van der Waals surface area contributed by atoms with Gasteiger partial charge in [0.2, 0.25) is 10.0 Å². The molecular weight excluding hydrogens is 244 g/mol. The van der Waals surface area contributed by atoms with Crippen LogP contribution in [-0.4, -0.2) is 39.1 Å². The Morgan fingerprint density at radius 3 is 2.31 bits per heavy atom. The number of nitrogens with zero attached hydrogens (tertiary/aromatic N) is 1. The second-order valence-electron chi connectivity index (χ2n) is 3.29. The molecule has 1 aromatic carbocycles. The zero-order valence-electron chi connectivity index (χ0n) is 9.38. The van der Waals surface area contributed by atoms with Gasteiger partial charge >= 0.3 is 0 Å². The Bertz CT molecular complexity index is 429. The fourth-order valence-electron chi connectivity index (χ4n) is 1.23. The topological polar surface area (TPSA) is 63.4 Å². The summed E-state index contributed by atoms with van der Waals surface area (Å²) in [6.07, 6.45) is 1.95. The molecule has 0 saturated carbocycles. The van der Waals surface area contributed by atoms with Crippen LogP contribution in [0.5, 0.6) is 0 Å². The number of hydrogen-bond donors (Lipinski definition) is 1.